The summed E-state index contributed by atoms with van der Waals surface area (Å²) in [6.45, 7) is 1.02. The minimum Gasteiger partial charge on any atom is -0.348 e. The average Bonchev–Trinajstić information content (AvgIpc) is 3.40. The Balaban J connectivity index is 1.41. The number of piperidine rings is 1. The van der Waals surface area contributed by atoms with E-state index in [1.54, 1.807) is 33.5 Å². The molecule has 1 amide bonds. The smallest absolute Gasteiger partial charge is 0.273 e. The fraction of sp³-hybridized carbons (Fsp3) is 0.556. The van der Waals surface area contributed by atoms with Crippen LogP contribution in [0.3, 0.4) is 0 Å². The highest BCUT2D eigenvalue weighted by atomic mass is 32.2. The van der Waals surface area contributed by atoms with Crippen LogP contribution in [0.1, 0.15) is 49.0 Å². The lowest BCUT2D eigenvalue weighted by atomic mass is 10.0. The molecule has 10 heteroatoms. The summed E-state index contributed by atoms with van der Waals surface area (Å²) in [6.07, 6.45) is 9.89. The standard InChI is InChI=1S/C18H24N6O3S/c25-18(20-14-6-7-14)17-13-23(22-21-17)11-8-15-4-1-2-10-24(15)28(26,27)16-5-3-9-19-12-16/h3,5,9,12-15H,1-2,4,6-8,10-11H2,(H,20,25). The highest BCUT2D eigenvalue weighted by molar-refractivity contribution is 7.89. The first kappa shape index (κ1) is 19.0. The molecular weight excluding hydrogens is 380 g/mol. The van der Waals surface area contributed by atoms with Gasteiger partial charge in [-0.25, -0.2) is 8.42 Å². The van der Waals surface area contributed by atoms with Crippen LogP contribution in [0.4, 0.5) is 0 Å². The second-order valence-electron chi connectivity index (χ2n) is 7.36. The molecule has 1 aliphatic heterocycles. The van der Waals surface area contributed by atoms with Crippen LogP contribution in [0.2, 0.25) is 0 Å². The molecule has 0 bridgehead atoms. The van der Waals surface area contributed by atoms with E-state index in [1.165, 1.54) is 6.20 Å². The Morgan fingerprint density at radius 2 is 2.11 bits per heavy atom. The van der Waals surface area contributed by atoms with Gasteiger partial charge in [0.15, 0.2) is 5.69 Å². The van der Waals surface area contributed by atoms with Crippen molar-refractivity contribution in [3.05, 3.63) is 36.4 Å². The van der Waals surface area contributed by atoms with Gasteiger partial charge in [0, 0.05) is 37.6 Å². The van der Waals surface area contributed by atoms with Crippen LogP contribution in [0.15, 0.2) is 35.6 Å². The van der Waals surface area contributed by atoms with Crippen molar-refractivity contribution >= 4 is 15.9 Å². The van der Waals surface area contributed by atoms with Crippen molar-refractivity contribution < 1.29 is 13.2 Å². The van der Waals surface area contributed by atoms with E-state index in [1.807, 2.05) is 0 Å². The quantitative estimate of drug-likeness (QED) is 0.742. The van der Waals surface area contributed by atoms with Crippen molar-refractivity contribution in [1.82, 2.24) is 29.6 Å². The zero-order valence-electron chi connectivity index (χ0n) is 15.6. The van der Waals surface area contributed by atoms with Crippen LogP contribution in [0.25, 0.3) is 0 Å². The third kappa shape index (κ3) is 4.22. The SMILES string of the molecule is O=C(NC1CC1)c1cn(CCC2CCCCN2S(=O)(=O)c2cccnc2)nn1. The van der Waals surface area contributed by atoms with Crippen LogP contribution in [0, 0.1) is 0 Å². The molecule has 0 radical (unpaired) electrons. The molecule has 1 saturated carbocycles. The van der Waals surface area contributed by atoms with Gasteiger partial charge in [0.1, 0.15) is 4.90 Å². The maximum absolute atomic E-state index is 13.0. The first-order valence-corrected chi connectivity index (χ1v) is 11.1. The minimum absolute atomic E-state index is 0.105. The van der Waals surface area contributed by atoms with Crippen molar-refractivity contribution in [2.45, 2.75) is 62.0 Å². The number of hydrogen-bond donors (Lipinski definition) is 1. The Labute approximate surface area is 164 Å². The molecule has 150 valence electrons. The molecule has 2 fully saturated rings. The monoisotopic (exact) mass is 404 g/mol. The number of rotatable bonds is 7. The number of pyridine rings is 1. The highest BCUT2D eigenvalue weighted by Crippen LogP contribution is 2.27. The Bertz CT molecular complexity index is 926. The molecule has 1 N–H and O–H groups in total. The molecule has 1 aliphatic carbocycles. The molecule has 4 rings (SSSR count). The molecule has 1 atom stereocenters. The summed E-state index contributed by atoms with van der Waals surface area (Å²) in [5, 5.41) is 10.8. The van der Waals surface area contributed by atoms with Gasteiger partial charge in [0.2, 0.25) is 10.0 Å². The number of amides is 1. The van der Waals surface area contributed by atoms with E-state index < -0.39 is 10.0 Å². The van der Waals surface area contributed by atoms with E-state index in [0.29, 0.717) is 25.2 Å². The summed E-state index contributed by atoms with van der Waals surface area (Å²) >= 11 is 0. The number of nitrogens with zero attached hydrogens (tertiary/aromatic N) is 5. The van der Waals surface area contributed by atoms with Gasteiger partial charge in [-0.15, -0.1) is 5.10 Å². The van der Waals surface area contributed by atoms with E-state index in [-0.39, 0.29) is 22.9 Å². The number of carbonyl (C=O) groups excluding carboxylic acids is 1. The van der Waals surface area contributed by atoms with Crippen molar-refractivity contribution in [2.75, 3.05) is 6.54 Å². The molecule has 2 aromatic rings. The van der Waals surface area contributed by atoms with E-state index in [2.05, 4.69) is 20.6 Å². The first-order chi connectivity index (χ1) is 13.5. The van der Waals surface area contributed by atoms with Gasteiger partial charge in [-0.1, -0.05) is 11.6 Å². The van der Waals surface area contributed by atoms with Crippen LogP contribution in [-0.4, -0.2) is 57.2 Å². The lowest BCUT2D eigenvalue weighted by molar-refractivity contribution is 0.0946. The maximum atomic E-state index is 13.0. The van der Waals surface area contributed by atoms with Gasteiger partial charge in [0.05, 0.1) is 6.20 Å². The molecule has 1 unspecified atom stereocenters. The molecule has 3 heterocycles. The van der Waals surface area contributed by atoms with Gasteiger partial charge in [-0.3, -0.25) is 14.5 Å². The summed E-state index contributed by atoms with van der Waals surface area (Å²) in [4.78, 5) is 16.2. The minimum atomic E-state index is -3.57. The van der Waals surface area contributed by atoms with Crippen molar-refractivity contribution in [2.24, 2.45) is 0 Å². The largest absolute Gasteiger partial charge is 0.348 e. The van der Waals surface area contributed by atoms with E-state index in [4.69, 9.17) is 0 Å². The highest BCUT2D eigenvalue weighted by Gasteiger charge is 2.33. The zero-order chi connectivity index (χ0) is 19.6. The van der Waals surface area contributed by atoms with Crippen LogP contribution >= 0.6 is 0 Å². The van der Waals surface area contributed by atoms with Crippen molar-refractivity contribution in [3.8, 4) is 0 Å². The summed E-state index contributed by atoms with van der Waals surface area (Å²) in [5.74, 6) is -0.202. The molecule has 28 heavy (non-hydrogen) atoms. The van der Waals surface area contributed by atoms with Crippen molar-refractivity contribution in [3.63, 3.8) is 0 Å². The van der Waals surface area contributed by atoms with Gasteiger partial charge < -0.3 is 5.32 Å². The van der Waals surface area contributed by atoms with Gasteiger partial charge in [-0.2, -0.15) is 4.31 Å². The molecule has 9 nitrogen and oxygen atoms in total. The Morgan fingerprint density at radius 1 is 1.25 bits per heavy atom. The molecule has 2 aromatic heterocycles. The molecule has 0 spiro atoms. The van der Waals surface area contributed by atoms with E-state index >= 15 is 0 Å². The number of sulfonamides is 1. The molecule has 0 aromatic carbocycles. The third-order valence-corrected chi connectivity index (χ3v) is 7.12. The lowest BCUT2D eigenvalue weighted by Crippen LogP contribution is -2.44. The fourth-order valence-corrected chi connectivity index (χ4v) is 5.18. The average molecular weight is 404 g/mol. The zero-order valence-corrected chi connectivity index (χ0v) is 16.4. The van der Waals surface area contributed by atoms with E-state index in [9.17, 15) is 13.2 Å². The maximum Gasteiger partial charge on any atom is 0.273 e. The van der Waals surface area contributed by atoms with Gasteiger partial charge >= 0.3 is 0 Å². The third-order valence-electron chi connectivity index (χ3n) is 5.19. The lowest BCUT2D eigenvalue weighted by Gasteiger charge is -2.34. The summed E-state index contributed by atoms with van der Waals surface area (Å²) in [5.41, 5.74) is 0.301. The summed E-state index contributed by atoms with van der Waals surface area (Å²) in [7, 11) is -3.57. The van der Waals surface area contributed by atoms with Crippen molar-refractivity contribution in [1.29, 1.82) is 0 Å². The summed E-state index contributed by atoms with van der Waals surface area (Å²) < 4.78 is 29.2. The van der Waals surface area contributed by atoms with Gasteiger partial charge in [-0.05, 0) is 44.2 Å². The fourth-order valence-electron chi connectivity index (χ4n) is 3.49. The molecule has 1 saturated heterocycles. The predicted molar refractivity (Wildman–Crippen MR) is 101 cm³/mol. The number of nitrogens with one attached hydrogen (secondary N) is 1. The summed E-state index contributed by atoms with van der Waals surface area (Å²) in [6, 6.07) is 3.38. The second kappa shape index (κ2) is 7.96. The van der Waals surface area contributed by atoms with Crippen LogP contribution < -0.4 is 5.32 Å². The van der Waals surface area contributed by atoms with E-state index in [0.717, 1.165) is 32.1 Å². The van der Waals surface area contributed by atoms with Crippen LogP contribution in [-0.2, 0) is 16.6 Å². The molecule has 2 aliphatic rings. The normalized spacial score (nSPS) is 20.8. The number of aromatic nitrogens is 4. The Morgan fingerprint density at radius 3 is 2.86 bits per heavy atom. The second-order valence-corrected chi connectivity index (χ2v) is 9.25. The van der Waals surface area contributed by atoms with Crippen LogP contribution in [0.5, 0.6) is 0 Å². The van der Waals surface area contributed by atoms with Gasteiger partial charge in [0.25, 0.3) is 5.91 Å². The first-order valence-electron chi connectivity index (χ1n) is 9.67. The molecular formula is C18H24N6O3S. The topological polar surface area (TPSA) is 110 Å². The Kier molecular flexibility index (Phi) is 5.40. The Hall–Kier alpha value is -2.33. The number of carbonyl (C=O) groups is 1. The number of aryl methyl sites for hydroxylation is 1. The number of hydrogen-bond acceptors (Lipinski definition) is 6. The predicted octanol–water partition coefficient (Wildman–Crippen LogP) is 1.20.